The molecule has 0 aliphatic carbocycles. The molecular formula is C63H41N5. The van der Waals surface area contributed by atoms with Gasteiger partial charge in [-0.3, -0.25) is 0 Å². The predicted octanol–water partition coefficient (Wildman–Crippen LogP) is 16.1. The molecule has 0 bridgehead atoms. The monoisotopic (exact) mass is 867 g/mol. The zero-order chi connectivity index (χ0) is 45.0. The van der Waals surface area contributed by atoms with E-state index in [1.165, 1.54) is 49.3 Å². The Morgan fingerprint density at radius 2 is 0.647 bits per heavy atom. The molecule has 5 nitrogen and oxygen atoms in total. The zero-order valence-electron chi connectivity index (χ0n) is 36.9. The molecule has 318 valence electrons. The third kappa shape index (κ3) is 6.76. The van der Waals surface area contributed by atoms with Crippen LogP contribution < -0.4 is 0 Å². The molecule has 0 amide bonds. The first-order chi connectivity index (χ1) is 33.7. The fourth-order valence-corrected chi connectivity index (χ4v) is 9.95. The van der Waals surface area contributed by atoms with Crippen molar-refractivity contribution in [1.29, 1.82) is 0 Å². The summed E-state index contributed by atoms with van der Waals surface area (Å²) in [5.74, 6) is 1.84. The van der Waals surface area contributed by atoms with Crippen molar-refractivity contribution in [2.45, 2.75) is 0 Å². The summed E-state index contributed by atoms with van der Waals surface area (Å²) >= 11 is 0. The van der Waals surface area contributed by atoms with Crippen LogP contribution in [0.2, 0.25) is 0 Å². The third-order valence-electron chi connectivity index (χ3n) is 13.2. The first kappa shape index (κ1) is 39.2. The van der Waals surface area contributed by atoms with E-state index in [9.17, 15) is 0 Å². The van der Waals surface area contributed by atoms with Gasteiger partial charge in [0.1, 0.15) is 0 Å². The zero-order valence-corrected chi connectivity index (χ0v) is 36.9. The second-order valence-corrected chi connectivity index (χ2v) is 17.2. The molecule has 0 N–H and O–H groups in total. The first-order valence-corrected chi connectivity index (χ1v) is 23.0. The van der Waals surface area contributed by atoms with Crippen LogP contribution in [0.1, 0.15) is 0 Å². The van der Waals surface area contributed by atoms with E-state index in [4.69, 9.17) is 15.0 Å². The summed E-state index contributed by atoms with van der Waals surface area (Å²) in [4.78, 5) is 15.5. The molecule has 0 spiro atoms. The van der Waals surface area contributed by atoms with Gasteiger partial charge < -0.3 is 9.13 Å². The van der Waals surface area contributed by atoms with Gasteiger partial charge in [0.25, 0.3) is 0 Å². The van der Waals surface area contributed by atoms with E-state index in [2.05, 4.69) is 240 Å². The molecule has 10 aromatic carbocycles. The maximum atomic E-state index is 5.23. The van der Waals surface area contributed by atoms with E-state index in [0.29, 0.717) is 17.5 Å². The number of hydrogen-bond acceptors (Lipinski definition) is 3. The lowest BCUT2D eigenvalue weighted by molar-refractivity contribution is 1.07. The lowest BCUT2D eigenvalue weighted by atomic mass is 9.97. The summed E-state index contributed by atoms with van der Waals surface area (Å²) in [5.41, 5.74) is 16.5. The normalized spacial score (nSPS) is 11.5. The molecule has 68 heavy (non-hydrogen) atoms. The van der Waals surface area contributed by atoms with Crippen molar-refractivity contribution < 1.29 is 0 Å². The molecule has 3 heterocycles. The smallest absolute Gasteiger partial charge is 0.164 e. The predicted molar refractivity (Wildman–Crippen MR) is 281 cm³/mol. The second-order valence-electron chi connectivity index (χ2n) is 17.2. The van der Waals surface area contributed by atoms with Crippen LogP contribution in [-0.4, -0.2) is 24.1 Å². The van der Waals surface area contributed by atoms with Crippen molar-refractivity contribution in [2.75, 3.05) is 0 Å². The molecule has 0 unspecified atom stereocenters. The van der Waals surface area contributed by atoms with Crippen LogP contribution in [0, 0.1) is 0 Å². The van der Waals surface area contributed by atoms with Gasteiger partial charge in [0.15, 0.2) is 17.5 Å². The van der Waals surface area contributed by atoms with Gasteiger partial charge in [-0.05, 0) is 76.3 Å². The minimum Gasteiger partial charge on any atom is -0.309 e. The van der Waals surface area contributed by atoms with Crippen LogP contribution in [0.4, 0.5) is 0 Å². The van der Waals surface area contributed by atoms with Gasteiger partial charge in [-0.25, -0.2) is 15.0 Å². The molecule has 5 heteroatoms. The van der Waals surface area contributed by atoms with Crippen LogP contribution >= 0.6 is 0 Å². The molecule has 3 aromatic heterocycles. The molecule has 0 saturated heterocycles. The van der Waals surface area contributed by atoms with Crippen LogP contribution in [-0.2, 0) is 0 Å². The van der Waals surface area contributed by atoms with Gasteiger partial charge in [-0.1, -0.05) is 200 Å². The van der Waals surface area contributed by atoms with Gasteiger partial charge in [0.2, 0.25) is 0 Å². The van der Waals surface area contributed by atoms with Gasteiger partial charge in [-0.15, -0.1) is 0 Å². The van der Waals surface area contributed by atoms with Gasteiger partial charge >= 0.3 is 0 Å². The SMILES string of the molecule is c1ccc(-c2ccc(-c3ccc(-c4nc(-c5ccccc5)nc(-c5cccc(-n6c7ccccc7c7cc(-c8ccccc8)ccc76)c5)n4)cc3)c(-n3c4ccccc4c4ccccc43)c2)cc1. The van der Waals surface area contributed by atoms with Crippen LogP contribution in [0.25, 0.3) is 123 Å². The Labute approximate surface area is 393 Å². The van der Waals surface area contributed by atoms with Gasteiger partial charge in [-0.2, -0.15) is 0 Å². The number of rotatable bonds is 8. The fraction of sp³-hybridized carbons (Fsp3) is 0. The van der Waals surface area contributed by atoms with E-state index >= 15 is 0 Å². The molecular weight excluding hydrogens is 827 g/mol. The average molecular weight is 868 g/mol. The highest BCUT2D eigenvalue weighted by Crippen LogP contribution is 2.40. The minimum atomic E-state index is 0.608. The maximum Gasteiger partial charge on any atom is 0.164 e. The van der Waals surface area contributed by atoms with Crippen LogP contribution in [0.5, 0.6) is 0 Å². The summed E-state index contributed by atoms with van der Waals surface area (Å²) in [6, 6.07) is 88.2. The molecule has 0 saturated carbocycles. The van der Waals surface area contributed by atoms with Crippen molar-refractivity contribution in [3.05, 3.63) is 249 Å². The van der Waals surface area contributed by atoms with Gasteiger partial charge in [0.05, 0.1) is 27.8 Å². The molecule has 13 rings (SSSR count). The standard InChI is InChI=1S/C63H41N5/c1-4-17-42(18-5-1)47-36-38-59-55(40-47)54-27-12-13-28-56(54)67(59)50-24-16-23-49(39-50)63-65-61(45-21-8-3-9-22-45)64-62(66-63)46-33-31-44(32-34-46)51-37-35-48(43-19-6-2-7-20-43)41-60(51)68-57-29-14-10-25-52(57)53-26-11-15-30-58(53)68/h1-41H. The molecule has 0 atom stereocenters. The van der Waals surface area contributed by atoms with Gasteiger partial charge in [0, 0.05) is 49.5 Å². The number of para-hydroxylation sites is 3. The molecule has 13 aromatic rings. The van der Waals surface area contributed by atoms with E-state index in [1.807, 2.05) is 18.2 Å². The number of hydrogen-bond donors (Lipinski definition) is 0. The summed E-state index contributed by atoms with van der Waals surface area (Å²) in [5, 5.41) is 4.87. The summed E-state index contributed by atoms with van der Waals surface area (Å²) in [6.07, 6.45) is 0. The lowest BCUT2D eigenvalue weighted by Gasteiger charge is -2.16. The van der Waals surface area contributed by atoms with E-state index < -0.39 is 0 Å². The Morgan fingerprint density at radius 1 is 0.235 bits per heavy atom. The molecule has 0 fully saturated rings. The Hall–Kier alpha value is -9.19. The lowest BCUT2D eigenvalue weighted by Crippen LogP contribution is -2.01. The van der Waals surface area contributed by atoms with E-state index in [1.54, 1.807) is 0 Å². The Bertz CT molecular complexity index is 3950. The highest BCUT2D eigenvalue weighted by molar-refractivity contribution is 6.11. The summed E-state index contributed by atoms with van der Waals surface area (Å²) in [7, 11) is 0. The van der Waals surface area contributed by atoms with Crippen molar-refractivity contribution in [3.8, 4) is 78.9 Å². The maximum absolute atomic E-state index is 5.23. The van der Waals surface area contributed by atoms with Crippen LogP contribution in [0.3, 0.4) is 0 Å². The number of fused-ring (bicyclic) bond motifs is 6. The summed E-state index contributed by atoms with van der Waals surface area (Å²) < 4.78 is 4.77. The van der Waals surface area contributed by atoms with Crippen molar-refractivity contribution in [2.24, 2.45) is 0 Å². The highest BCUT2D eigenvalue weighted by atomic mass is 15.0. The minimum absolute atomic E-state index is 0.608. The first-order valence-electron chi connectivity index (χ1n) is 23.0. The van der Waals surface area contributed by atoms with Crippen LogP contribution in [0.15, 0.2) is 249 Å². The Morgan fingerprint density at radius 3 is 1.25 bits per heavy atom. The topological polar surface area (TPSA) is 48.5 Å². The van der Waals surface area contributed by atoms with Crippen molar-refractivity contribution in [1.82, 2.24) is 24.1 Å². The quantitative estimate of drug-likeness (QED) is 0.153. The molecule has 0 radical (unpaired) electrons. The fourth-order valence-electron chi connectivity index (χ4n) is 9.95. The number of nitrogens with zero attached hydrogens (tertiary/aromatic N) is 5. The largest absolute Gasteiger partial charge is 0.309 e. The highest BCUT2D eigenvalue weighted by Gasteiger charge is 2.19. The van der Waals surface area contributed by atoms with E-state index in [-0.39, 0.29) is 0 Å². The van der Waals surface area contributed by atoms with Crippen molar-refractivity contribution in [3.63, 3.8) is 0 Å². The number of benzene rings is 10. The van der Waals surface area contributed by atoms with E-state index in [0.717, 1.165) is 55.8 Å². The summed E-state index contributed by atoms with van der Waals surface area (Å²) in [6.45, 7) is 0. The number of aromatic nitrogens is 5. The average Bonchev–Trinajstić information content (AvgIpc) is 3.94. The van der Waals surface area contributed by atoms with Crippen molar-refractivity contribution >= 4 is 43.6 Å². The molecule has 0 aliphatic heterocycles. The second kappa shape index (κ2) is 16.4. The molecule has 0 aliphatic rings. The Kier molecular flexibility index (Phi) is 9.43. The third-order valence-corrected chi connectivity index (χ3v) is 13.2. The Balaban J connectivity index is 0.929.